The molecule has 0 radical (unpaired) electrons. The Morgan fingerprint density at radius 3 is 1.73 bits per heavy atom. The van der Waals surface area contributed by atoms with Gasteiger partial charge in [-0.25, -0.2) is 0 Å². The van der Waals surface area contributed by atoms with Crippen LogP contribution < -0.4 is 0 Å². The fourth-order valence-corrected chi connectivity index (χ4v) is 0.542. The second-order valence-corrected chi connectivity index (χ2v) is 2.48. The summed E-state index contributed by atoms with van der Waals surface area (Å²) in [5, 5.41) is 0. The van der Waals surface area contributed by atoms with Crippen LogP contribution in [0.5, 0.6) is 0 Å². The molecular weight excluding hydrogens is 132 g/mol. The highest BCUT2D eigenvalue weighted by Gasteiger charge is 1.77. The molecule has 1 aliphatic rings. The summed E-state index contributed by atoms with van der Waals surface area (Å²) in [5.74, 6) is 0. The number of allylic oxidation sites excluding steroid dienone is 6. The van der Waals surface area contributed by atoms with Gasteiger partial charge in [-0.05, 0) is 19.8 Å². The van der Waals surface area contributed by atoms with Gasteiger partial charge in [0.15, 0.2) is 0 Å². The lowest BCUT2D eigenvalue weighted by molar-refractivity contribution is 1.04. The van der Waals surface area contributed by atoms with E-state index in [1.165, 1.54) is 12.8 Å². The maximum atomic E-state index is 3.56. The van der Waals surface area contributed by atoms with Crippen LogP contribution in [0.15, 0.2) is 49.1 Å². The highest BCUT2D eigenvalue weighted by atomic mass is 13.8. The Morgan fingerprint density at radius 2 is 1.64 bits per heavy atom. The van der Waals surface area contributed by atoms with Crippen LogP contribution in [-0.4, -0.2) is 0 Å². The zero-order valence-corrected chi connectivity index (χ0v) is 7.22. The molecule has 0 atom stereocenters. The van der Waals surface area contributed by atoms with Gasteiger partial charge in [-0.15, -0.1) is 0 Å². The molecule has 11 heavy (non-hydrogen) atoms. The minimum absolute atomic E-state index is 1.02. The van der Waals surface area contributed by atoms with E-state index in [4.69, 9.17) is 0 Å². The van der Waals surface area contributed by atoms with Crippen molar-refractivity contribution >= 4 is 0 Å². The summed E-state index contributed by atoms with van der Waals surface area (Å²) >= 11 is 0. The molecule has 0 amide bonds. The van der Waals surface area contributed by atoms with E-state index in [0.717, 1.165) is 5.57 Å². The Kier molecular flexibility index (Phi) is 6.40. The van der Waals surface area contributed by atoms with Crippen LogP contribution in [0, 0.1) is 0 Å². The largest absolute Gasteiger partial charge is 0.0988 e. The molecule has 0 N–H and O–H groups in total. The molecule has 0 saturated carbocycles. The van der Waals surface area contributed by atoms with Gasteiger partial charge in [-0.1, -0.05) is 49.1 Å². The zero-order valence-electron chi connectivity index (χ0n) is 7.22. The molecule has 0 aromatic heterocycles. The van der Waals surface area contributed by atoms with E-state index < -0.39 is 0 Å². The quantitative estimate of drug-likeness (QED) is 0.498. The van der Waals surface area contributed by atoms with Gasteiger partial charge in [-0.2, -0.15) is 0 Å². The maximum Gasteiger partial charge on any atom is -0.0313 e. The van der Waals surface area contributed by atoms with Gasteiger partial charge in [0.1, 0.15) is 0 Å². The van der Waals surface area contributed by atoms with Crippen molar-refractivity contribution in [1.82, 2.24) is 0 Å². The molecule has 0 fully saturated rings. The Labute approximate surface area is 69.6 Å². The Balaban J connectivity index is 0.000000187. The van der Waals surface area contributed by atoms with Gasteiger partial charge in [0.25, 0.3) is 0 Å². The Hall–Kier alpha value is -1.04. The van der Waals surface area contributed by atoms with Gasteiger partial charge >= 0.3 is 0 Å². The first-order valence-corrected chi connectivity index (χ1v) is 3.87. The molecule has 0 nitrogen and oxygen atoms in total. The predicted molar refractivity (Wildman–Crippen MR) is 52.5 cm³/mol. The van der Waals surface area contributed by atoms with Crippen molar-refractivity contribution < 1.29 is 0 Å². The SMILES string of the molecule is C1=CCCC=C1.C=CC(=C)C. The van der Waals surface area contributed by atoms with E-state index in [1.54, 1.807) is 6.08 Å². The van der Waals surface area contributed by atoms with Crippen molar-refractivity contribution in [2.75, 3.05) is 0 Å². The second kappa shape index (κ2) is 7.07. The summed E-state index contributed by atoms with van der Waals surface area (Å²) in [6, 6.07) is 0. The van der Waals surface area contributed by atoms with E-state index in [0.29, 0.717) is 0 Å². The number of hydrogen-bond donors (Lipinski definition) is 0. The molecule has 0 saturated heterocycles. The van der Waals surface area contributed by atoms with E-state index in [9.17, 15) is 0 Å². The van der Waals surface area contributed by atoms with Gasteiger partial charge in [0.05, 0.1) is 0 Å². The van der Waals surface area contributed by atoms with Crippen molar-refractivity contribution in [3.63, 3.8) is 0 Å². The highest BCUT2D eigenvalue weighted by Crippen LogP contribution is 1.98. The van der Waals surface area contributed by atoms with E-state index in [2.05, 4.69) is 37.5 Å². The average molecular weight is 148 g/mol. The van der Waals surface area contributed by atoms with Gasteiger partial charge in [-0.3, -0.25) is 0 Å². The molecule has 60 valence electrons. The Morgan fingerprint density at radius 1 is 1.27 bits per heavy atom. The van der Waals surface area contributed by atoms with E-state index >= 15 is 0 Å². The molecule has 1 aliphatic carbocycles. The molecular formula is C11H16. The Bertz CT molecular complexity index is 158. The van der Waals surface area contributed by atoms with Gasteiger partial charge in [0, 0.05) is 0 Å². The molecule has 0 aromatic rings. The van der Waals surface area contributed by atoms with Crippen LogP contribution in [0.2, 0.25) is 0 Å². The average Bonchev–Trinajstić information content (AvgIpc) is 2.09. The van der Waals surface area contributed by atoms with Crippen LogP contribution in [0.3, 0.4) is 0 Å². The third-order valence-corrected chi connectivity index (χ3v) is 1.23. The summed E-state index contributed by atoms with van der Waals surface area (Å²) in [6.07, 6.45) is 12.7. The maximum absolute atomic E-state index is 3.56. The van der Waals surface area contributed by atoms with Crippen LogP contribution in [-0.2, 0) is 0 Å². The van der Waals surface area contributed by atoms with Crippen molar-refractivity contribution in [1.29, 1.82) is 0 Å². The lowest BCUT2D eigenvalue weighted by Gasteiger charge is -1.88. The highest BCUT2D eigenvalue weighted by molar-refractivity contribution is 5.07. The fraction of sp³-hybridized carbons (Fsp3) is 0.273. The van der Waals surface area contributed by atoms with Crippen molar-refractivity contribution in [3.05, 3.63) is 49.1 Å². The first kappa shape index (κ1) is 9.96. The molecule has 0 unspecified atom stereocenters. The molecule has 0 bridgehead atoms. The topological polar surface area (TPSA) is 0 Å². The van der Waals surface area contributed by atoms with E-state index in [1.807, 2.05) is 6.92 Å². The minimum atomic E-state index is 1.02. The third kappa shape index (κ3) is 8.96. The summed E-state index contributed by atoms with van der Waals surface area (Å²) in [5.41, 5.74) is 1.02. The fourth-order valence-electron chi connectivity index (χ4n) is 0.542. The molecule has 1 rings (SSSR count). The summed E-state index contributed by atoms with van der Waals surface area (Å²) in [7, 11) is 0. The molecule has 0 aliphatic heterocycles. The standard InChI is InChI=1S/C6H8.C5H8/c1-2-4-6-5-3-1;1-4-5(2)3/h1-4H,5-6H2;4H,1-2H2,3H3. The molecule has 0 spiro atoms. The van der Waals surface area contributed by atoms with Crippen LogP contribution in [0.25, 0.3) is 0 Å². The summed E-state index contributed by atoms with van der Waals surface area (Å²) in [6.45, 7) is 8.93. The normalized spacial score (nSPS) is 13.2. The van der Waals surface area contributed by atoms with Gasteiger partial charge < -0.3 is 0 Å². The molecule has 0 aromatic carbocycles. The summed E-state index contributed by atoms with van der Waals surface area (Å²) < 4.78 is 0. The number of rotatable bonds is 1. The van der Waals surface area contributed by atoms with Crippen molar-refractivity contribution in [2.45, 2.75) is 19.8 Å². The van der Waals surface area contributed by atoms with Crippen LogP contribution in [0.4, 0.5) is 0 Å². The van der Waals surface area contributed by atoms with Crippen molar-refractivity contribution in [2.24, 2.45) is 0 Å². The smallest absolute Gasteiger partial charge is 0.0313 e. The summed E-state index contributed by atoms with van der Waals surface area (Å²) in [4.78, 5) is 0. The van der Waals surface area contributed by atoms with E-state index in [-0.39, 0.29) is 0 Å². The van der Waals surface area contributed by atoms with Crippen LogP contribution >= 0.6 is 0 Å². The third-order valence-electron chi connectivity index (χ3n) is 1.23. The minimum Gasteiger partial charge on any atom is -0.0988 e. The lowest BCUT2D eigenvalue weighted by atomic mass is 10.2. The van der Waals surface area contributed by atoms with Gasteiger partial charge in [0.2, 0.25) is 0 Å². The monoisotopic (exact) mass is 148 g/mol. The molecule has 0 heterocycles. The van der Waals surface area contributed by atoms with Crippen molar-refractivity contribution in [3.8, 4) is 0 Å². The second-order valence-electron chi connectivity index (χ2n) is 2.48. The molecule has 0 heteroatoms. The van der Waals surface area contributed by atoms with Crippen LogP contribution in [0.1, 0.15) is 19.8 Å². The lowest BCUT2D eigenvalue weighted by Crippen LogP contribution is -1.67. The first-order chi connectivity index (χ1) is 5.27. The zero-order chi connectivity index (χ0) is 8.53. The number of hydrogen-bond acceptors (Lipinski definition) is 0. The predicted octanol–water partition coefficient (Wildman–Crippen LogP) is 3.64. The first-order valence-electron chi connectivity index (χ1n) is 3.87.